The molecule has 0 bridgehead atoms. The van der Waals surface area contributed by atoms with Gasteiger partial charge in [-0.05, 0) is 36.4 Å². The minimum absolute atomic E-state index is 0.106. The summed E-state index contributed by atoms with van der Waals surface area (Å²) < 4.78 is 15.1. The number of pyridine rings is 1. The van der Waals surface area contributed by atoms with Crippen LogP contribution in [0.5, 0.6) is 0 Å². The molecule has 2 aromatic carbocycles. The molecule has 0 unspecified atom stereocenters. The maximum Gasteiger partial charge on any atom is 0.278 e. The van der Waals surface area contributed by atoms with Gasteiger partial charge in [-0.15, -0.1) is 0 Å². The van der Waals surface area contributed by atoms with Crippen LogP contribution in [-0.2, 0) is 7.05 Å². The molecule has 0 radical (unpaired) electrons. The van der Waals surface area contributed by atoms with E-state index >= 15 is 0 Å². The van der Waals surface area contributed by atoms with Gasteiger partial charge < -0.3 is 5.32 Å². The molecule has 4 aromatic rings. The molecule has 0 aliphatic heterocycles. The highest BCUT2D eigenvalue weighted by Gasteiger charge is 2.13. The minimum atomic E-state index is -0.509. The number of nitrogens with one attached hydrogen (secondary N) is 1. The molecule has 2 heterocycles. The summed E-state index contributed by atoms with van der Waals surface area (Å²) in [6, 6.07) is 15.9. The fourth-order valence-corrected chi connectivity index (χ4v) is 2.88. The van der Waals surface area contributed by atoms with Crippen LogP contribution in [0.4, 0.5) is 10.1 Å². The van der Waals surface area contributed by atoms with Crippen molar-refractivity contribution in [1.29, 1.82) is 0 Å². The van der Waals surface area contributed by atoms with Gasteiger partial charge in [-0.1, -0.05) is 24.3 Å². The van der Waals surface area contributed by atoms with Gasteiger partial charge in [-0.3, -0.25) is 14.2 Å². The van der Waals surface area contributed by atoms with E-state index in [4.69, 9.17) is 0 Å². The predicted octanol–water partition coefficient (Wildman–Crippen LogP) is 3.39. The molecule has 6 nitrogen and oxygen atoms in total. The Hall–Kier alpha value is -3.87. The van der Waals surface area contributed by atoms with Crippen molar-refractivity contribution in [3.63, 3.8) is 0 Å². The highest BCUT2D eigenvalue weighted by molar-refractivity contribution is 6.04. The van der Waals surface area contributed by atoms with Gasteiger partial charge in [0.05, 0.1) is 5.69 Å². The van der Waals surface area contributed by atoms with Gasteiger partial charge >= 0.3 is 0 Å². The first-order valence-electron chi connectivity index (χ1n) is 8.52. The lowest BCUT2D eigenvalue weighted by Gasteiger charge is -2.09. The number of carbonyl (C=O) groups excluding carboxylic acids is 1. The van der Waals surface area contributed by atoms with E-state index in [1.54, 1.807) is 61.8 Å². The van der Waals surface area contributed by atoms with Gasteiger partial charge in [0.15, 0.2) is 5.65 Å². The molecule has 0 saturated carbocycles. The lowest BCUT2D eigenvalue weighted by Crippen LogP contribution is -2.21. The van der Waals surface area contributed by atoms with Gasteiger partial charge in [0.1, 0.15) is 17.0 Å². The van der Waals surface area contributed by atoms with Crippen LogP contribution in [0.15, 0.2) is 71.7 Å². The molecule has 0 aliphatic carbocycles. The lowest BCUT2D eigenvalue weighted by atomic mass is 10.1. The number of para-hydroxylation sites is 1. The van der Waals surface area contributed by atoms with E-state index in [1.165, 1.54) is 16.7 Å². The normalized spacial score (nSPS) is 10.8. The summed E-state index contributed by atoms with van der Waals surface area (Å²) in [6.07, 6.45) is 1.60. The first-order valence-corrected chi connectivity index (χ1v) is 8.52. The molecule has 0 spiro atoms. The molecule has 0 atom stereocenters. The van der Waals surface area contributed by atoms with Crippen LogP contribution in [0.2, 0.25) is 0 Å². The standard InChI is InChI=1S/C21H15FN4O2/c1-26-19-17(7-4-12-23-19)24-18(21(26)28)13-8-10-14(11-9-13)20(27)25-16-6-3-2-5-15(16)22/h2-12H,1H3,(H,25,27). The van der Waals surface area contributed by atoms with Crippen molar-refractivity contribution in [3.8, 4) is 11.3 Å². The minimum Gasteiger partial charge on any atom is -0.319 e. The van der Waals surface area contributed by atoms with Crippen LogP contribution in [0, 0.1) is 5.82 Å². The molecule has 0 aliphatic rings. The first-order chi connectivity index (χ1) is 13.5. The Morgan fingerprint density at radius 3 is 2.54 bits per heavy atom. The van der Waals surface area contributed by atoms with E-state index in [0.29, 0.717) is 22.3 Å². The number of carbonyl (C=O) groups is 1. The van der Waals surface area contributed by atoms with E-state index < -0.39 is 11.7 Å². The van der Waals surface area contributed by atoms with Crippen molar-refractivity contribution in [2.24, 2.45) is 7.05 Å². The number of hydrogen-bond acceptors (Lipinski definition) is 4. The number of aromatic nitrogens is 3. The second kappa shape index (κ2) is 7.03. The van der Waals surface area contributed by atoms with Crippen molar-refractivity contribution in [1.82, 2.24) is 14.5 Å². The van der Waals surface area contributed by atoms with Gasteiger partial charge in [-0.25, -0.2) is 14.4 Å². The van der Waals surface area contributed by atoms with E-state index in [9.17, 15) is 14.0 Å². The molecule has 2 aromatic heterocycles. The van der Waals surface area contributed by atoms with Crippen molar-refractivity contribution in [2.75, 3.05) is 5.32 Å². The fourth-order valence-electron chi connectivity index (χ4n) is 2.88. The summed E-state index contributed by atoms with van der Waals surface area (Å²) in [7, 11) is 1.64. The molecular formula is C21H15FN4O2. The number of nitrogens with zero attached hydrogens (tertiary/aromatic N) is 3. The Morgan fingerprint density at radius 1 is 1.04 bits per heavy atom. The smallest absolute Gasteiger partial charge is 0.278 e. The highest BCUT2D eigenvalue weighted by Crippen LogP contribution is 2.18. The predicted molar refractivity (Wildman–Crippen MR) is 105 cm³/mol. The summed E-state index contributed by atoms with van der Waals surface area (Å²) in [5.74, 6) is -0.954. The van der Waals surface area contributed by atoms with Crippen LogP contribution in [-0.4, -0.2) is 20.4 Å². The number of amides is 1. The van der Waals surface area contributed by atoms with Crippen LogP contribution in [0.3, 0.4) is 0 Å². The first kappa shape index (κ1) is 17.5. The highest BCUT2D eigenvalue weighted by atomic mass is 19.1. The number of anilines is 1. The summed E-state index contributed by atoms with van der Waals surface area (Å²) in [4.78, 5) is 33.6. The molecule has 138 valence electrons. The largest absolute Gasteiger partial charge is 0.319 e. The molecule has 1 N–H and O–H groups in total. The lowest BCUT2D eigenvalue weighted by molar-refractivity contribution is 0.102. The van der Waals surface area contributed by atoms with E-state index in [1.807, 2.05) is 0 Å². The average molecular weight is 374 g/mol. The molecule has 1 amide bonds. The van der Waals surface area contributed by atoms with Gasteiger partial charge in [0, 0.05) is 24.4 Å². The zero-order chi connectivity index (χ0) is 19.7. The Kier molecular flexibility index (Phi) is 4.41. The van der Waals surface area contributed by atoms with Crippen molar-refractivity contribution in [2.45, 2.75) is 0 Å². The Labute approximate surface area is 159 Å². The number of fused-ring (bicyclic) bond motifs is 1. The van der Waals surface area contributed by atoms with Crippen molar-refractivity contribution in [3.05, 3.63) is 88.6 Å². The van der Waals surface area contributed by atoms with Crippen molar-refractivity contribution < 1.29 is 9.18 Å². The fraction of sp³-hybridized carbons (Fsp3) is 0.0476. The maximum absolute atomic E-state index is 13.7. The number of rotatable bonds is 3. The zero-order valence-corrected chi connectivity index (χ0v) is 14.9. The Morgan fingerprint density at radius 2 is 1.79 bits per heavy atom. The molecule has 4 rings (SSSR count). The number of hydrogen-bond donors (Lipinski definition) is 1. The zero-order valence-electron chi connectivity index (χ0n) is 14.9. The van der Waals surface area contributed by atoms with Crippen LogP contribution in [0.25, 0.3) is 22.4 Å². The third-order valence-electron chi connectivity index (χ3n) is 4.37. The summed E-state index contributed by atoms with van der Waals surface area (Å²) >= 11 is 0. The molecule has 28 heavy (non-hydrogen) atoms. The molecular weight excluding hydrogens is 359 g/mol. The summed E-state index contributed by atoms with van der Waals surface area (Å²) in [5, 5.41) is 2.53. The van der Waals surface area contributed by atoms with Crippen LogP contribution < -0.4 is 10.9 Å². The summed E-state index contributed by atoms with van der Waals surface area (Å²) in [6.45, 7) is 0. The second-order valence-corrected chi connectivity index (χ2v) is 6.18. The van der Waals surface area contributed by atoms with Crippen LogP contribution >= 0.6 is 0 Å². The monoisotopic (exact) mass is 374 g/mol. The van der Waals surface area contributed by atoms with Gasteiger partial charge in [0.25, 0.3) is 11.5 Å². The Balaban J connectivity index is 1.66. The van der Waals surface area contributed by atoms with Crippen molar-refractivity contribution >= 4 is 22.8 Å². The average Bonchev–Trinajstić information content (AvgIpc) is 2.72. The third kappa shape index (κ3) is 3.14. The van der Waals surface area contributed by atoms with Crippen LogP contribution in [0.1, 0.15) is 10.4 Å². The van der Waals surface area contributed by atoms with E-state index in [-0.39, 0.29) is 16.9 Å². The van der Waals surface area contributed by atoms with E-state index in [2.05, 4.69) is 15.3 Å². The molecule has 0 saturated heterocycles. The third-order valence-corrected chi connectivity index (χ3v) is 4.37. The van der Waals surface area contributed by atoms with Gasteiger partial charge in [-0.2, -0.15) is 0 Å². The molecule has 0 fully saturated rings. The van der Waals surface area contributed by atoms with Gasteiger partial charge in [0.2, 0.25) is 0 Å². The molecule has 7 heteroatoms. The summed E-state index contributed by atoms with van der Waals surface area (Å²) in [5.41, 5.74) is 2.10. The SMILES string of the molecule is Cn1c(=O)c(-c2ccc(C(=O)Nc3ccccc3F)cc2)nc2cccnc21. The maximum atomic E-state index is 13.7. The van der Waals surface area contributed by atoms with E-state index in [0.717, 1.165) is 0 Å². The number of benzene rings is 2. The number of aryl methyl sites for hydroxylation is 1. The Bertz CT molecular complexity index is 1250. The number of halogens is 1. The second-order valence-electron chi connectivity index (χ2n) is 6.18. The topological polar surface area (TPSA) is 76.9 Å². The quantitative estimate of drug-likeness (QED) is 0.596.